The van der Waals surface area contributed by atoms with Crippen LogP contribution in [0, 0.1) is 28.9 Å². The molecule has 3 unspecified atom stereocenters. The van der Waals surface area contributed by atoms with Crippen molar-refractivity contribution in [3.05, 3.63) is 99.1 Å². The van der Waals surface area contributed by atoms with Crippen molar-refractivity contribution < 1.29 is 19.3 Å². The minimum absolute atomic E-state index is 0.0378. The molecule has 0 radical (unpaired) electrons. The number of benzene rings is 3. The Morgan fingerprint density at radius 2 is 1.81 bits per heavy atom. The minimum atomic E-state index is -0.680. The summed E-state index contributed by atoms with van der Waals surface area (Å²) in [5.41, 5.74) is 8.62. The average Bonchev–Trinajstić information content (AvgIpc) is 3.15. The average molecular weight is 570 g/mol. The van der Waals surface area contributed by atoms with Crippen LogP contribution >= 0.6 is 0 Å². The van der Waals surface area contributed by atoms with Gasteiger partial charge in [-0.15, -0.1) is 0 Å². The van der Waals surface area contributed by atoms with E-state index in [2.05, 4.69) is 10.6 Å². The first-order valence-corrected chi connectivity index (χ1v) is 14.3. The molecule has 10 nitrogen and oxygen atoms in total. The van der Waals surface area contributed by atoms with Gasteiger partial charge in [0, 0.05) is 29.8 Å². The molecule has 218 valence electrons. The lowest BCUT2D eigenvalue weighted by Crippen LogP contribution is -2.35. The van der Waals surface area contributed by atoms with Crippen LogP contribution in [0.3, 0.4) is 0 Å². The maximum atomic E-state index is 14.1. The van der Waals surface area contributed by atoms with Crippen LogP contribution < -0.4 is 21.3 Å². The van der Waals surface area contributed by atoms with E-state index in [0.717, 1.165) is 36.8 Å². The number of rotatable bonds is 7. The third kappa shape index (κ3) is 6.33. The maximum Gasteiger partial charge on any atom is 0.270 e. The number of nitro benzene ring substituents is 1. The SMILES string of the molecule is Cc1ccc(C2CC(=O)Nc3cc(C(=O)NCC4CCCC(CN)C4)ccc3N2C(=O)c2cccc([N+](=O)[O-])c2)cc1. The van der Waals surface area contributed by atoms with E-state index in [9.17, 15) is 24.5 Å². The van der Waals surface area contributed by atoms with Gasteiger partial charge in [-0.3, -0.25) is 29.4 Å². The van der Waals surface area contributed by atoms with Gasteiger partial charge < -0.3 is 16.4 Å². The molecule has 5 rings (SSSR count). The second-order valence-corrected chi connectivity index (χ2v) is 11.2. The van der Waals surface area contributed by atoms with Gasteiger partial charge in [-0.1, -0.05) is 42.3 Å². The lowest BCUT2D eigenvalue weighted by atomic mass is 9.81. The van der Waals surface area contributed by atoms with E-state index in [4.69, 9.17) is 5.73 Å². The first-order valence-electron chi connectivity index (χ1n) is 14.3. The number of aryl methyl sites for hydroxylation is 1. The molecule has 0 spiro atoms. The largest absolute Gasteiger partial charge is 0.352 e. The molecular formula is C32H35N5O5. The molecule has 1 heterocycles. The molecule has 1 fully saturated rings. The number of fused-ring (bicyclic) bond motifs is 1. The summed E-state index contributed by atoms with van der Waals surface area (Å²) in [6.07, 6.45) is 4.23. The second kappa shape index (κ2) is 12.5. The van der Waals surface area contributed by atoms with Crippen LogP contribution in [-0.2, 0) is 4.79 Å². The van der Waals surface area contributed by atoms with E-state index in [1.54, 1.807) is 18.2 Å². The molecule has 42 heavy (non-hydrogen) atoms. The van der Waals surface area contributed by atoms with E-state index < -0.39 is 16.9 Å². The van der Waals surface area contributed by atoms with Crippen LogP contribution in [0.1, 0.15) is 70.0 Å². The van der Waals surface area contributed by atoms with Crippen LogP contribution in [0.4, 0.5) is 17.1 Å². The van der Waals surface area contributed by atoms with Crippen molar-refractivity contribution in [2.45, 2.75) is 45.1 Å². The van der Waals surface area contributed by atoms with Crippen LogP contribution in [0.2, 0.25) is 0 Å². The van der Waals surface area contributed by atoms with Crippen LogP contribution in [0.5, 0.6) is 0 Å². The summed E-state index contributed by atoms with van der Waals surface area (Å²) in [6.45, 7) is 3.15. The van der Waals surface area contributed by atoms with Crippen molar-refractivity contribution in [3.63, 3.8) is 0 Å². The zero-order valence-electron chi connectivity index (χ0n) is 23.5. The van der Waals surface area contributed by atoms with Gasteiger partial charge in [-0.05, 0) is 74.4 Å². The summed E-state index contributed by atoms with van der Waals surface area (Å²) in [6, 6.07) is 17.3. The standard InChI is InChI=1S/C32H35N5O5/c1-20-8-10-23(11-9-20)29-17-30(38)35-27-16-24(31(39)34-19-22-5-2-4-21(14-22)18-33)12-13-28(27)36(29)32(40)25-6-3-7-26(15-25)37(41)42/h3,6-13,15-16,21-22,29H,2,4-5,14,17-19,33H2,1H3,(H,34,39)(H,35,38). The third-order valence-electron chi connectivity index (χ3n) is 8.24. The van der Waals surface area contributed by atoms with Crippen molar-refractivity contribution >= 4 is 34.8 Å². The molecule has 1 aliphatic carbocycles. The Bertz CT molecular complexity index is 1510. The molecule has 3 aromatic carbocycles. The molecule has 1 saturated carbocycles. The second-order valence-electron chi connectivity index (χ2n) is 11.2. The molecule has 2 aliphatic rings. The Labute approximate surface area is 244 Å². The highest BCUT2D eigenvalue weighted by atomic mass is 16.6. The predicted molar refractivity (Wildman–Crippen MR) is 160 cm³/mol. The monoisotopic (exact) mass is 569 g/mol. The van der Waals surface area contributed by atoms with Crippen molar-refractivity contribution in [3.8, 4) is 0 Å². The van der Waals surface area contributed by atoms with E-state index >= 15 is 0 Å². The summed E-state index contributed by atoms with van der Waals surface area (Å²) in [5.74, 6) is -0.220. The summed E-state index contributed by atoms with van der Waals surface area (Å²) in [4.78, 5) is 52.8. The molecule has 3 amide bonds. The van der Waals surface area contributed by atoms with E-state index in [1.807, 2.05) is 31.2 Å². The Balaban J connectivity index is 1.49. The highest BCUT2D eigenvalue weighted by Gasteiger charge is 2.35. The molecule has 3 aromatic rings. The van der Waals surface area contributed by atoms with Gasteiger partial charge in [0.15, 0.2) is 0 Å². The molecule has 1 aliphatic heterocycles. The first kappa shape index (κ1) is 28.9. The van der Waals surface area contributed by atoms with E-state index in [1.165, 1.54) is 29.2 Å². The molecule has 0 aromatic heterocycles. The van der Waals surface area contributed by atoms with Crippen LogP contribution in [0.25, 0.3) is 0 Å². The summed E-state index contributed by atoms with van der Waals surface area (Å²) < 4.78 is 0. The Hall–Kier alpha value is -4.57. The van der Waals surface area contributed by atoms with Gasteiger partial charge in [-0.25, -0.2) is 0 Å². The van der Waals surface area contributed by atoms with Crippen molar-refractivity contribution in [2.24, 2.45) is 17.6 Å². The number of carbonyl (C=O) groups is 3. The van der Waals surface area contributed by atoms with Crippen LogP contribution in [-0.4, -0.2) is 35.7 Å². The van der Waals surface area contributed by atoms with E-state index in [-0.39, 0.29) is 29.5 Å². The first-order chi connectivity index (χ1) is 20.2. The lowest BCUT2D eigenvalue weighted by Gasteiger charge is -2.31. The molecular weight excluding hydrogens is 534 g/mol. The summed E-state index contributed by atoms with van der Waals surface area (Å²) >= 11 is 0. The highest BCUT2D eigenvalue weighted by Crippen LogP contribution is 2.40. The zero-order chi connectivity index (χ0) is 29.8. The smallest absolute Gasteiger partial charge is 0.270 e. The topological polar surface area (TPSA) is 148 Å². The van der Waals surface area contributed by atoms with E-state index in [0.29, 0.717) is 41.9 Å². The number of nitrogens with one attached hydrogen (secondary N) is 2. The van der Waals surface area contributed by atoms with Gasteiger partial charge in [-0.2, -0.15) is 0 Å². The quantitative estimate of drug-likeness (QED) is 0.265. The third-order valence-corrected chi connectivity index (χ3v) is 8.24. The lowest BCUT2D eigenvalue weighted by molar-refractivity contribution is -0.384. The number of hydrogen-bond donors (Lipinski definition) is 3. The Morgan fingerprint density at radius 3 is 2.55 bits per heavy atom. The fraction of sp³-hybridized carbons (Fsp3) is 0.344. The maximum absolute atomic E-state index is 14.1. The number of carbonyl (C=O) groups excluding carboxylic acids is 3. The summed E-state index contributed by atoms with van der Waals surface area (Å²) in [7, 11) is 0. The van der Waals surface area contributed by atoms with Crippen LogP contribution in [0.15, 0.2) is 66.7 Å². The number of anilines is 2. The number of nitrogens with two attached hydrogens (primary N) is 1. The molecule has 0 bridgehead atoms. The summed E-state index contributed by atoms with van der Waals surface area (Å²) in [5, 5.41) is 17.3. The molecule has 3 atom stereocenters. The van der Waals surface area contributed by atoms with Gasteiger partial charge in [0.1, 0.15) is 0 Å². The normalized spacial score (nSPS) is 20.2. The van der Waals surface area contributed by atoms with Crippen molar-refractivity contribution in [1.82, 2.24) is 5.32 Å². The van der Waals surface area contributed by atoms with Gasteiger partial charge >= 0.3 is 0 Å². The number of nitrogens with zero attached hydrogens (tertiary/aromatic N) is 2. The molecule has 0 saturated heterocycles. The Morgan fingerprint density at radius 1 is 1.05 bits per heavy atom. The number of amides is 3. The molecule has 10 heteroatoms. The van der Waals surface area contributed by atoms with Crippen molar-refractivity contribution in [2.75, 3.05) is 23.3 Å². The molecule has 4 N–H and O–H groups in total. The highest BCUT2D eigenvalue weighted by molar-refractivity contribution is 6.12. The van der Waals surface area contributed by atoms with Gasteiger partial charge in [0.25, 0.3) is 17.5 Å². The predicted octanol–water partition coefficient (Wildman–Crippen LogP) is 5.13. The fourth-order valence-corrected chi connectivity index (χ4v) is 5.96. The minimum Gasteiger partial charge on any atom is -0.352 e. The van der Waals surface area contributed by atoms with Gasteiger partial charge in [0.05, 0.1) is 28.8 Å². The number of hydrogen-bond acceptors (Lipinski definition) is 6. The number of non-ortho nitro benzene ring substituents is 1. The van der Waals surface area contributed by atoms with Gasteiger partial charge in [0.2, 0.25) is 5.91 Å². The zero-order valence-corrected chi connectivity index (χ0v) is 23.5. The fourth-order valence-electron chi connectivity index (χ4n) is 5.96. The van der Waals surface area contributed by atoms with Crippen molar-refractivity contribution in [1.29, 1.82) is 0 Å². The number of nitro groups is 1. The Kier molecular flexibility index (Phi) is 8.63.